The van der Waals surface area contributed by atoms with Gasteiger partial charge in [0, 0.05) is 16.6 Å². The molecule has 0 radical (unpaired) electrons. The molecule has 21 heavy (non-hydrogen) atoms. The Morgan fingerprint density at radius 1 is 1.19 bits per heavy atom. The van der Waals surface area contributed by atoms with Crippen molar-refractivity contribution in [1.29, 1.82) is 0 Å². The van der Waals surface area contributed by atoms with Gasteiger partial charge in [-0.2, -0.15) is 0 Å². The van der Waals surface area contributed by atoms with Gasteiger partial charge in [-0.25, -0.2) is 0 Å². The Labute approximate surface area is 129 Å². The average Bonchev–Trinajstić information content (AvgIpc) is 3.06. The number of carbonyl (C=O) groups is 1. The second-order valence-electron chi connectivity index (χ2n) is 6.12. The third-order valence-electron chi connectivity index (χ3n) is 4.63. The number of fused-ring (bicyclic) bond motifs is 2. The molecular weight excluding hydrogens is 278 g/mol. The molecule has 1 aliphatic carbocycles. The van der Waals surface area contributed by atoms with Crippen LogP contribution in [0.4, 0.5) is 5.69 Å². The number of amides is 1. The van der Waals surface area contributed by atoms with Crippen LogP contribution in [0, 0.1) is 0 Å². The highest BCUT2D eigenvalue weighted by molar-refractivity contribution is 7.14. The molecule has 1 aromatic carbocycles. The predicted octanol–water partition coefficient (Wildman–Crippen LogP) is 4.22. The van der Waals surface area contributed by atoms with E-state index in [0.29, 0.717) is 0 Å². The van der Waals surface area contributed by atoms with Crippen molar-refractivity contribution < 1.29 is 4.79 Å². The van der Waals surface area contributed by atoms with Crippen molar-refractivity contribution in [2.75, 3.05) is 4.90 Å². The Kier molecular flexibility index (Phi) is 3.11. The first kappa shape index (κ1) is 13.1. The lowest BCUT2D eigenvalue weighted by molar-refractivity contribution is 0.0985. The number of anilines is 1. The van der Waals surface area contributed by atoms with Crippen LogP contribution in [0.2, 0.25) is 0 Å². The zero-order valence-electron chi connectivity index (χ0n) is 12.3. The summed E-state index contributed by atoms with van der Waals surface area (Å²) in [6.45, 7) is 2.14. The SMILES string of the molecule is CC1Cc2ccccc2N1C(=O)c1cc2c(s1)CCCC2. The first-order valence-electron chi connectivity index (χ1n) is 7.77. The third-order valence-corrected chi connectivity index (χ3v) is 5.86. The van der Waals surface area contributed by atoms with Gasteiger partial charge in [-0.05, 0) is 62.3 Å². The molecule has 0 saturated carbocycles. The lowest BCUT2D eigenvalue weighted by atomic mass is 9.99. The fraction of sp³-hybridized carbons (Fsp3) is 0.389. The number of benzene rings is 1. The molecule has 0 spiro atoms. The van der Waals surface area contributed by atoms with Crippen LogP contribution in [0.15, 0.2) is 30.3 Å². The maximum atomic E-state index is 13.0. The van der Waals surface area contributed by atoms with Crippen molar-refractivity contribution in [3.63, 3.8) is 0 Å². The van der Waals surface area contributed by atoms with E-state index >= 15 is 0 Å². The highest BCUT2D eigenvalue weighted by Gasteiger charge is 2.32. The van der Waals surface area contributed by atoms with Crippen LogP contribution in [0.5, 0.6) is 0 Å². The van der Waals surface area contributed by atoms with E-state index < -0.39 is 0 Å². The second-order valence-corrected chi connectivity index (χ2v) is 7.26. The fourth-order valence-electron chi connectivity index (χ4n) is 3.59. The Morgan fingerprint density at radius 3 is 2.86 bits per heavy atom. The van der Waals surface area contributed by atoms with Crippen molar-refractivity contribution >= 4 is 22.9 Å². The molecule has 0 fully saturated rings. The molecular formula is C18H19NOS. The lowest BCUT2D eigenvalue weighted by Gasteiger charge is -2.21. The van der Waals surface area contributed by atoms with Gasteiger partial charge in [0.15, 0.2) is 0 Å². The Morgan fingerprint density at radius 2 is 2.00 bits per heavy atom. The van der Waals surface area contributed by atoms with Gasteiger partial charge in [0.25, 0.3) is 5.91 Å². The van der Waals surface area contributed by atoms with Gasteiger partial charge in [-0.1, -0.05) is 18.2 Å². The number of nitrogens with zero attached hydrogens (tertiary/aromatic N) is 1. The molecule has 1 unspecified atom stereocenters. The largest absolute Gasteiger partial charge is 0.304 e. The molecule has 2 heterocycles. The van der Waals surface area contributed by atoms with Gasteiger partial charge < -0.3 is 4.90 Å². The Balaban J connectivity index is 1.70. The minimum Gasteiger partial charge on any atom is -0.304 e. The zero-order valence-corrected chi connectivity index (χ0v) is 13.1. The number of hydrogen-bond donors (Lipinski definition) is 0. The summed E-state index contributed by atoms with van der Waals surface area (Å²) in [5, 5.41) is 0. The van der Waals surface area contributed by atoms with Crippen molar-refractivity contribution in [2.45, 2.75) is 45.1 Å². The third kappa shape index (κ3) is 2.11. The van der Waals surface area contributed by atoms with Crippen LogP contribution >= 0.6 is 11.3 Å². The van der Waals surface area contributed by atoms with Crippen molar-refractivity contribution in [3.05, 3.63) is 51.2 Å². The van der Waals surface area contributed by atoms with Crippen LogP contribution < -0.4 is 4.90 Å². The minimum atomic E-state index is 0.187. The molecule has 2 nitrogen and oxygen atoms in total. The summed E-state index contributed by atoms with van der Waals surface area (Å²) in [4.78, 5) is 17.3. The highest BCUT2D eigenvalue weighted by atomic mass is 32.1. The summed E-state index contributed by atoms with van der Waals surface area (Å²) in [5.41, 5.74) is 3.80. The smallest absolute Gasteiger partial charge is 0.268 e. The molecule has 108 valence electrons. The zero-order chi connectivity index (χ0) is 14.4. The lowest BCUT2D eigenvalue weighted by Crippen LogP contribution is -2.35. The van der Waals surface area contributed by atoms with Gasteiger partial charge in [0.05, 0.1) is 4.88 Å². The maximum absolute atomic E-state index is 13.0. The second kappa shape index (κ2) is 4.99. The Bertz CT molecular complexity index is 679. The molecule has 2 aromatic rings. The topological polar surface area (TPSA) is 20.3 Å². The summed E-state index contributed by atoms with van der Waals surface area (Å²) in [5.74, 6) is 0.187. The minimum absolute atomic E-state index is 0.187. The summed E-state index contributed by atoms with van der Waals surface area (Å²) < 4.78 is 0. The summed E-state index contributed by atoms with van der Waals surface area (Å²) in [7, 11) is 0. The number of carbonyl (C=O) groups excluding carboxylic acids is 1. The van der Waals surface area contributed by atoms with E-state index in [1.807, 2.05) is 11.0 Å². The number of rotatable bonds is 1. The Hall–Kier alpha value is -1.61. The number of thiophene rings is 1. The van der Waals surface area contributed by atoms with Gasteiger partial charge in [0.1, 0.15) is 0 Å². The molecule has 1 aliphatic heterocycles. The summed E-state index contributed by atoms with van der Waals surface area (Å²) in [6, 6.07) is 10.7. The van der Waals surface area contributed by atoms with E-state index in [1.165, 1.54) is 28.8 Å². The maximum Gasteiger partial charge on any atom is 0.268 e. The van der Waals surface area contributed by atoms with Crippen molar-refractivity contribution in [3.8, 4) is 0 Å². The molecule has 3 heteroatoms. The first-order chi connectivity index (χ1) is 10.2. The van der Waals surface area contributed by atoms with Crippen LogP contribution in [0.1, 0.15) is 45.4 Å². The van der Waals surface area contributed by atoms with E-state index in [1.54, 1.807) is 11.3 Å². The summed E-state index contributed by atoms with van der Waals surface area (Å²) >= 11 is 1.72. The molecule has 0 saturated heterocycles. The van der Waals surface area contributed by atoms with E-state index in [9.17, 15) is 4.79 Å². The molecule has 2 aliphatic rings. The van der Waals surface area contributed by atoms with E-state index in [2.05, 4.69) is 31.2 Å². The van der Waals surface area contributed by atoms with Gasteiger partial charge >= 0.3 is 0 Å². The predicted molar refractivity (Wildman–Crippen MR) is 87.4 cm³/mol. The molecule has 0 bridgehead atoms. The van der Waals surface area contributed by atoms with E-state index in [0.717, 1.165) is 29.8 Å². The number of para-hydroxylation sites is 1. The first-order valence-corrected chi connectivity index (χ1v) is 8.59. The van der Waals surface area contributed by atoms with Crippen molar-refractivity contribution in [1.82, 2.24) is 0 Å². The van der Waals surface area contributed by atoms with Crippen LogP contribution in [-0.2, 0) is 19.3 Å². The fourth-order valence-corrected chi connectivity index (χ4v) is 4.78. The monoisotopic (exact) mass is 297 g/mol. The van der Waals surface area contributed by atoms with Gasteiger partial charge in [-0.3, -0.25) is 4.79 Å². The molecule has 1 atom stereocenters. The van der Waals surface area contributed by atoms with Crippen LogP contribution in [0.3, 0.4) is 0 Å². The molecule has 0 N–H and O–H groups in total. The average molecular weight is 297 g/mol. The van der Waals surface area contributed by atoms with Gasteiger partial charge in [-0.15, -0.1) is 11.3 Å². The molecule has 1 aromatic heterocycles. The normalized spacial score (nSPS) is 20.2. The summed E-state index contributed by atoms with van der Waals surface area (Å²) in [6.07, 6.45) is 5.79. The quantitative estimate of drug-likeness (QED) is 0.772. The molecule has 1 amide bonds. The van der Waals surface area contributed by atoms with Crippen LogP contribution in [-0.4, -0.2) is 11.9 Å². The molecule has 4 rings (SSSR count). The van der Waals surface area contributed by atoms with Gasteiger partial charge in [0.2, 0.25) is 0 Å². The van der Waals surface area contributed by atoms with E-state index in [-0.39, 0.29) is 11.9 Å². The van der Waals surface area contributed by atoms with Crippen molar-refractivity contribution in [2.24, 2.45) is 0 Å². The highest BCUT2D eigenvalue weighted by Crippen LogP contribution is 2.36. The van der Waals surface area contributed by atoms with E-state index in [4.69, 9.17) is 0 Å². The standard InChI is InChI=1S/C18H19NOS/c1-12-10-13-6-2-4-8-15(13)19(12)18(20)17-11-14-7-3-5-9-16(14)21-17/h2,4,6,8,11-12H,3,5,7,9-10H2,1H3. The van der Waals surface area contributed by atoms with Crippen LogP contribution in [0.25, 0.3) is 0 Å². The number of hydrogen-bond acceptors (Lipinski definition) is 2. The number of aryl methyl sites for hydroxylation is 2.